The van der Waals surface area contributed by atoms with Crippen molar-refractivity contribution in [3.8, 4) is 5.75 Å². The number of anilines is 2. The molecule has 8 nitrogen and oxygen atoms in total. The molecule has 9 heteroatoms. The highest BCUT2D eigenvalue weighted by Crippen LogP contribution is 2.41. The SMILES string of the molecule is CCOc1ccccc1/C=C/C(=O)Nc1sc2c(c1N)CCC(COC(=O)NCCO)C2. The molecule has 2 amide bonds. The largest absolute Gasteiger partial charge is 0.493 e. The summed E-state index contributed by atoms with van der Waals surface area (Å²) in [7, 11) is 0. The number of ether oxygens (including phenoxy) is 2. The van der Waals surface area contributed by atoms with Gasteiger partial charge in [0.1, 0.15) is 10.8 Å². The van der Waals surface area contributed by atoms with Gasteiger partial charge < -0.3 is 30.9 Å². The maximum Gasteiger partial charge on any atom is 0.407 e. The first-order valence-corrected chi connectivity index (χ1v) is 11.5. The molecule has 2 aromatic rings. The molecule has 1 aromatic carbocycles. The van der Waals surface area contributed by atoms with Crippen LogP contribution in [0, 0.1) is 5.92 Å². The molecule has 1 atom stereocenters. The minimum atomic E-state index is -0.527. The van der Waals surface area contributed by atoms with Gasteiger partial charge in [0.25, 0.3) is 0 Å². The van der Waals surface area contributed by atoms with Gasteiger partial charge in [-0.05, 0) is 49.8 Å². The Morgan fingerprint density at radius 2 is 2.16 bits per heavy atom. The molecule has 1 heterocycles. The number of nitrogen functional groups attached to an aromatic ring is 1. The van der Waals surface area contributed by atoms with Gasteiger partial charge in [0, 0.05) is 23.1 Å². The molecule has 0 bridgehead atoms. The Kier molecular flexibility index (Phi) is 8.52. The molecule has 172 valence electrons. The predicted molar refractivity (Wildman–Crippen MR) is 126 cm³/mol. The number of thiophene rings is 1. The zero-order chi connectivity index (χ0) is 22.9. The van der Waals surface area contributed by atoms with Gasteiger partial charge in [0.15, 0.2) is 0 Å². The van der Waals surface area contributed by atoms with Crippen molar-refractivity contribution >= 4 is 40.1 Å². The number of alkyl carbamates (subject to hydrolysis) is 1. The molecule has 0 spiro atoms. The van der Waals surface area contributed by atoms with Crippen molar-refractivity contribution in [2.24, 2.45) is 5.92 Å². The molecule has 1 aliphatic carbocycles. The third-order valence-corrected chi connectivity index (χ3v) is 6.29. The Balaban J connectivity index is 1.58. The van der Waals surface area contributed by atoms with Crippen molar-refractivity contribution in [1.82, 2.24) is 5.32 Å². The second-order valence-corrected chi connectivity index (χ2v) is 8.50. The smallest absolute Gasteiger partial charge is 0.407 e. The third-order valence-electron chi connectivity index (χ3n) is 5.11. The number of fused-ring (bicyclic) bond motifs is 1. The molecule has 3 rings (SSSR count). The van der Waals surface area contributed by atoms with Crippen molar-refractivity contribution in [1.29, 1.82) is 0 Å². The van der Waals surface area contributed by atoms with Crippen LogP contribution in [0.3, 0.4) is 0 Å². The van der Waals surface area contributed by atoms with Crippen LogP contribution < -0.4 is 21.1 Å². The van der Waals surface area contributed by atoms with Crippen molar-refractivity contribution in [2.75, 3.05) is 37.4 Å². The first kappa shape index (κ1) is 23.6. The van der Waals surface area contributed by atoms with E-state index in [9.17, 15) is 9.59 Å². The van der Waals surface area contributed by atoms with Crippen molar-refractivity contribution in [2.45, 2.75) is 26.2 Å². The number of benzene rings is 1. The second-order valence-electron chi connectivity index (χ2n) is 7.40. The molecule has 0 radical (unpaired) electrons. The lowest BCUT2D eigenvalue weighted by Gasteiger charge is -2.22. The topological polar surface area (TPSA) is 123 Å². The standard InChI is InChI=1S/C23H29N3O5S/c1-2-30-18-6-4-3-5-16(18)8-10-20(28)26-22-21(24)17-9-7-15(13-19(17)32-22)14-31-23(29)25-11-12-27/h3-6,8,10,15,27H,2,7,9,11-14,24H2,1H3,(H,25,29)(H,26,28)/b10-8+. The summed E-state index contributed by atoms with van der Waals surface area (Å²) in [6.07, 6.45) is 5.03. The lowest BCUT2D eigenvalue weighted by atomic mass is 9.89. The molecule has 0 aliphatic heterocycles. The Labute approximate surface area is 191 Å². The maximum atomic E-state index is 12.5. The number of hydrogen-bond acceptors (Lipinski definition) is 7. The lowest BCUT2D eigenvalue weighted by molar-refractivity contribution is -0.111. The summed E-state index contributed by atoms with van der Waals surface area (Å²) in [4.78, 5) is 25.2. The summed E-state index contributed by atoms with van der Waals surface area (Å²) >= 11 is 1.47. The number of carbonyl (C=O) groups is 2. The number of hydrogen-bond donors (Lipinski definition) is 4. The summed E-state index contributed by atoms with van der Waals surface area (Å²) in [5.41, 5.74) is 8.81. The van der Waals surface area contributed by atoms with Crippen LogP contribution in [0.25, 0.3) is 6.08 Å². The van der Waals surface area contributed by atoms with Crippen LogP contribution in [-0.2, 0) is 22.4 Å². The normalized spacial score (nSPS) is 15.2. The van der Waals surface area contributed by atoms with Crippen molar-refractivity contribution in [3.05, 3.63) is 46.3 Å². The minimum Gasteiger partial charge on any atom is -0.493 e. The molecule has 0 saturated heterocycles. The molecular formula is C23H29N3O5S. The molecule has 1 aromatic heterocycles. The number of nitrogens with two attached hydrogens (primary N) is 1. The van der Waals surface area contributed by atoms with Crippen LogP contribution in [0.1, 0.15) is 29.3 Å². The average Bonchev–Trinajstić information content (AvgIpc) is 3.10. The fourth-order valence-electron chi connectivity index (χ4n) is 3.54. The van der Waals surface area contributed by atoms with E-state index in [4.69, 9.17) is 20.3 Å². The van der Waals surface area contributed by atoms with Crippen LogP contribution in [0.2, 0.25) is 0 Å². The lowest BCUT2D eigenvalue weighted by Crippen LogP contribution is -2.29. The van der Waals surface area contributed by atoms with Gasteiger partial charge in [-0.25, -0.2) is 4.79 Å². The summed E-state index contributed by atoms with van der Waals surface area (Å²) in [6, 6.07) is 7.53. The van der Waals surface area contributed by atoms with E-state index in [-0.39, 0.29) is 25.0 Å². The first-order chi connectivity index (χ1) is 15.5. The quantitative estimate of drug-likeness (QED) is 0.427. The highest BCUT2D eigenvalue weighted by Gasteiger charge is 2.26. The van der Waals surface area contributed by atoms with Gasteiger partial charge in [0.2, 0.25) is 5.91 Å². The number of nitrogens with one attached hydrogen (secondary N) is 2. The van der Waals surface area contributed by atoms with Gasteiger partial charge in [-0.15, -0.1) is 11.3 Å². The molecule has 1 unspecified atom stereocenters. The van der Waals surface area contributed by atoms with E-state index < -0.39 is 6.09 Å². The highest BCUT2D eigenvalue weighted by atomic mass is 32.1. The number of carbonyl (C=O) groups excluding carboxylic acids is 2. The van der Waals surface area contributed by atoms with E-state index >= 15 is 0 Å². The molecule has 0 fully saturated rings. The zero-order valence-corrected chi connectivity index (χ0v) is 18.9. The minimum absolute atomic E-state index is 0.126. The summed E-state index contributed by atoms with van der Waals surface area (Å²) in [6.45, 7) is 2.81. The van der Waals surface area contributed by atoms with Crippen LogP contribution in [0.4, 0.5) is 15.5 Å². The highest BCUT2D eigenvalue weighted by molar-refractivity contribution is 7.17. The van der Waals surface area contributed by atoms with Gasteiger partial charge in [-0.1, -0.05) is 18.2 Å². The van der Waals surface area contributed by atoms with Crippen LogP contribution >= 0.6 is 11.3 Å². The summed E-state index contributed by atoms with van der Waals surface area (Å²) in [5.74, 6) is 0.657. The maximum absolute atomic E-state index is 12.5. The van der Waals surface area contributed by atoms with Gasteiger partial charge >= 0.3 is 6.09 Å². The van der Waals surface area contributed by atoms with E-state index in [2.05, 4.69) is 10.6 Å². The Morgan fingerprint density at radius 1 is 1.34 bits per heavy atom. The van der Waals surface area contributed by atoms with E-state index in [0.717, 1.165) is 41.0 Å². The predicted octanol–water partition coefficient (Wildman–Crippen LogP) is 3.20. The number of aliphatic hydroxyl groups is 1. The summed E-state index contributed by atoms with van der Waals surface area (Å²) < 4.78 is 10.8. The van der Waals surface area contributed by atoms with Crippen molar-refractivity contribution < 1.29 is 24.2 Å². The van der Waals surface area contributed by atoms with E-state index in [0.29, 0.717) is 23.9 Å². The second kappa shape index (κ2) is 11.5. The van der Waals surface area contributed by atoms with E-state index in [1.54, 1.807) is 6.08 Å². The number of rotatable bonds is 9. The Bertz CT molecular complexity index is 973. The Morgan fingerprint density at radius 3 is 2.94 bits per heavy atom. The van der Waals surface area contributed by atoms with Crippen LogP contribution in [0.5, 0.6) is 5.75 Å². The van der Waals surface area contributed by atoms with Gasteiger partial charge in [0.05, 0.1) is 25.5 Å². The number of aliphatic hydroxyl groups excluding tert-OH is 1. The van der Waals surface area contributed by atoms with E-state index in [1.807, 2.05) is 31.2 Å². The summed E-state index contributed by atoms with van der Waals surface area (Å²) in [5, 5.41) is 14.7. The molecule has 32 heavy (non-hydrogen) atoms. The Hall–Kier alpha value is -3.04. The van der Waals surface area contributed by atoms with Crippen LogP contribution in [0.15, 0.2) is 30.3 Å². The third kappa shape index (κ3) is 6.24. The van der Waals surface area contributed by atoms with E-state index in [1.165, 1.54) is 17.4 Å². The monoisotopic (exact) mass is 459 g/mol. The van der Waals surface area contributed by atoms with Crippen LogP contribution in [-0.4, -0.2) is 43.5 Å². The molecule has 5 N–H and O–H groups in total. The molecular weight excluding hydrogens is 430 g/mol. The fraction of sp³-hybridized carbons (Fsp3) is 0.391. The van der Waals surface area contributed by atoms with Gasteiger partial charge in [-0.2, -0.15) is 0 Å². The number of amides is 2. The molecule has 1 aliphatic rings. The van der Waals surface area contributed by atoms with Crippen molar-refractivity contribution in [3.63, 3.8) is 0 Å². The van der Waals surface area contributed by atoms with Gasteiger partial charge in [-0.3, -0.25) is 4.79 Å². The fourth-order valence-corrected chi connectivity index (χ4v) is 4.83. The number of para-hydroxylation sites is 1. The molecule has 0 saturated carbocycles. The average molecular weight is 460 g/mol. The zero-order valence-electron chi connectivity index (χ0n) is 18.1. The first-order valence-electron chi connectivity index (χ1n) is 10.6.